The van der Waals surface area contributed by atoms with Gasteiger partial charge >= 0.3 is 0 Å². The molecule has 26 heavy (non-hydrogen) atoms. The quantitative estimate of drug-likeness (QED) is 0.845. The van der Waals surface area contributed by atoms with Gasteiger partial charge in [-0.3, -0.25) is 4.79 Å². The Bertz CT molecular complexity index is 778. The highest BCUT2D eigenvalue weighted by Crippen LogP contribution is 2.35. The molecular formula is C20H21FN2O3. The molecule has 2 aliphatic heterocycles. The molecule has 3 heterocycles. The van der Waals surface area contributed by atoms with E-state index < -0.39 is 0 Å². The molecule has 0 radical (unpaired) electrons. The summed E-state index contributed by atoms with van der Waals surface area (Å²) in [6, 6.07) is 12.0. The molecule has 1 aromatic carbocycles. The molecule has 2 fully saturated rings. The van der Waals surface area contributed by atoms with Gasteiger partial charge in [0.15, 0.2) is 0 Å². The monoisotopic (exact) mass is 356 g/mol. The molecule has 0 bridgehead atoms. The smallest absolute Gasteiger partial charge is 0.227 e. The van der Waals surface area contributed by atoms with Crippen LogP contribution in [-0.4, -0.2) is 47.2 Å². The minimum absolute atomic E-state index is 0.0301. The maximum absolute atomic E-state index is 13.7. The lowest BCUT2D eigenvalue weighted by atomic mass is 9.84. The molecule has 0 unspecified atom stereocenters. The number of likely N-dealkylation sites (tertiary alicyclic amines) is 1. The Kier molecular flexibility index (Phi) is 4.59. The van der Waals surface area contributed by atoms with E-state index in [1.54, 1.807) is 29.3 Å². The Labute approximate surface area is 151 Å². The second-order valence-corrected chi connectivity index (χ2v) is 6.95. The highest BCUT2D eigenvalue weighted by atomic mass is 19.1. The van der Waals surface area contributed by atoms with Crippen molar-refractivity contribution in [3.8, 4) is 5.88 Å². The number of ether oxygens (including phenoxy) is 2. The number of amides is 1. The van der Waals surface area contributed by atoms with E-state index in [4.69, 9.17) is 9.47 Å². The van der Waals surface area contributed by atoms with Crippen molar-refractivity contribution in [3.63, 3.8) is 0 Å². The van der Waals surface area contributed by atoms with Crippen molar-refractivity contribution >= 4 is 5.91 Å². The van der Waals surface area contributed by atoms with E-state index in [2.05, 4.69) is 4.98 Å². The average molecular weight is 356 g/mol. The first kappa shape index (κ1) is 17.0. The zero-order chi connectivity index (χ0) is 18.0. The molecule has 0 saturated carbocycles. The van der Waals surface area contributed by atoms with E-state index in [9.17, 15) is 9.18 Å². The van der Waals surface area contributed by atoms with E-state index >= 15 is 0 Å². The standard InChI is InChI=1S/C20H21FN2O3/c21-17-6-2-1-5-15(17)11-19(24)23-13-20(14-23)12-16(8-10-25-20)26-18-7-3-4-9-22-18/h1-7,9,16H,8,10-14H2/t16-/m1/s1. The molecule has 0 aliphatic carbocycles. The number of nitrogens with zero attached hydrogens (tertiary/aromatic N) is 2. The van der Waals surface area contributed by atoms with Crippen LogP contribution in [0.4, 0.5) is 4.39 Å². The van der Waals surface area contributed by atoms with Crippen molar-refractivity contribution in [3.05, 3.63) is 60.0 Å². The van der Waals surface area contributed by atoms with E-state index in [0.717, 1.165) is 12.8 Å². The lowest BCUT2D eigenvalue weighted by Crippen LogP contribution is -2.67. The average Bonchev–Trinajstić information content (AvgIpc) is 2.62. The van der Waals surface area contributed by atoms with Crippen LogP contribution in [0.25, 0.3) is 0 Å². The third-order valence-electron chi connectivity index (χ3n) is 4.98. The summed E-state index contributed by atoms with van der Waals surface area (Å²) in [7, 11) is 0. The van der Waals surface area contributed by atoms with E-state index in [1.165, 1.54) is 6.07 Å². The van der Waals surface area contributed by atoms with Crippen molar-refractivity contribution in [2.75, 3.05) is 19.7 Å². The van der Waals surface area contributed by atoms with Crippen LogP contribution in [0.1, 0.15) is 18.4 Å². The zero-order valence-electron chi connectivity index (χ0n) is 14.4. The third kappa shape index (κ3) is 3.55. The molecule has 2 saturated heterocycles. The van der Waals surface area contributed by atoms with Gasteiger partial charge in [0.25, 0.3) is 0 Å². The number of hydrogen-bond acceptors (Lipinski definition) is 4. The van der Waals surface area contributed by atoms with Gasteiger partial charge in [0.05, 0.1) is 26.1 Å². The third-order valence-corrected chi connectivity index (χ3v) is 4.98. The normalized spacial score (nSPS) is 21.3. The Balaban J connectivity index is 1.32. The molecule has 1 spiro atoms. The minimum atomic E-state index is -0.345. The topological polar surface area (TPSA) is 51.7 Å². The molecular weight excluding hydrogens is 335 g/mol. The number of halogens is 1. The summed E-state index contributed by atoms with van der Waals surface area (Å²) in [5, 5.41) is 0. The number of aromatic nitrogens is 1. The van der Waals surface area contributed by atoms with Crippen molar-refractivity contribution in [2.45, 2.75) is 31.0 Å². The molecule has 2 aromatic rings. The number of benzene rings is 1. The summed E-state index contributed by atoms with van der Waals surface area (Å²) in [5.41, 5.74) is 0.0853. The first-order valence-corrected chi connectivity index (χ1v) is 8.86. The van der Waals surface area contributed by atoms with Crippen LogP contribution in [0.2, 0.25) is 0 Å². The van der Waals surface area contributed by atoms with Gasteiger partial charge in [-0.1, -0.05) is 24.3 Å². The summed E-state index contributed by atoms with van der Waals surface area (Å²) < 4.78 is 25.6. The van der Waals surface area contributed by atoms with Crippen molar-refractivity contribution < 1.29 is 18.7 Å². The van der Waals surface area contributed by atoms with Gasteiger partial charge in [0, 0.05) is 25.1 Å². The van der Waals surface area contributed by atoms with Crippen molar-refractivity contribution in [1.82, 2.24) is 9.88 Å². The molecule has 6 heteroatoms. The molecule has 4 rings (SSSR count). The Morgan fingerprint density at radius 2 is 2.08 bits per heavy atom. The fraction of sp³-hybridized carbons (Fsp3) is 0.400. The van der Waals surface area contributed by atoms with Crippen molar-refractivity contribution in [1.29, 1.82) is 0 Å². The maximum Gasteiger partial charge on any atom is 0.227 e. The SMILES string of the molecule is O=C(Cc1ccccc1F)N1CC2(C[C@H](Oc3ccccn3)CCO2)C1. The van der Waals surface area contributed by atoms with Crippen LogP contribution in [0.5, 0.6) is 5.88 Å². The first-order valence-electron chi connectivity index (χ1n) is 8.86. The maximum atomic E-state index is 13.7. The number of rotatable bonds is 4. The van der Waals surface area contributed by atoms with Gasteiger partial charge in [0.1, 0.15) is 17.5 Å². The van der Waals surface area contributed by atoms with Crippen LogP contribution < -0.4 is 4.74 Å². The summed E-state index contributed by atoms with van der Waals surface area (Å²) >= 11 is 0. The predicted octanol–water partition coefficient (Wildman–Crippen LogP) is 2.60. The van der Waals surface area contributed by atoms with Crippen LogP contribution in [0, 0.1) is 5.82 Å². The highest BCUT2D eigenvalue weighted by Gasteiger charge is 2.49. The number of hydrogen-bond donors (Lipinski definition) is 0. The zero-order valence-corrected chi connectivity index (χ0v) is 14.4. The Morgan fingerprint density at radius 1 is 1.27 bits per heavy atom. The second kappa shape index (κ2) is 7.03. The molecule has 1 amide bonds. The fourth-order valence-electron chi connectivity index (χ4n) is 3.63. The first-order chi connectivity index (χ1) is 12.6. The summed E-state index contributed by atoms with van der Waals surface area (Å²) in [5.74, 6) is 0.201. The lowest BCUT2D eigenvalue weighted by molar-refractivity contribution is -0.193. The van der Waals surface area contributed by atoms with Gasteiger partial charge in [0.2, 0.25) is 11.8 Å². The van der Waals surface area contributed by atoms with E-state index in [0.29, 0.717) is 31.1 Å². The molecule has 1 atom stereocenters. The van der Waals surface area contributed by atoms with Crippen LogP contribution in [0.15, 0.2) is 48.7 Å². The highest BCUT2D eigenvalue weighted by molar-refractivity contribution is 5.80. The van der Waals surface area contributed by atoms with E-state index in [-0.39, 0.29) is 29.9 Å². The summed E-state index contributed by atoms with van der Waals surface area (Å²) in [6.45, 7) is 1.66. The number of carbonyl (C=O) groups is 1. The lowest BCUT2D eigenvalue weighted by Gasteiger charge is -2.52. The minimum Gasteiger partial charge on any atom is -0.474 e. The van der Waals surface area contributed by atoms with Gasteiger partial charge in [-0.2, -0.15) is 0 Å². The van der Waals surface area contributed by atoms with Crippen LogP contribution in [-0.2, 0) is 16.0 Å². The Morgan fingerprint density at radius 3 is 2.85 bits per heavy atom. The second-order valence-electron chi connectivity index (χ2n) is 6.95. The molecule has 136 valence electrons. The molecule has 2 aliphatic rings. The van der Waals surface area contributed by atoms with Gasteiger partial charge in [-0.25, -0.2) is 9.37 Å². The summed E-state index contributed by atoms with van der Waals surface area (Å²) in [4.78, 5) is 18.3. The predicted molar refractivity (Wildman–Crippen MR) is 93.3 cm³/mol. The van der Waals surface area contributed by atoms with Gasteiger partial charge < -0.3 is 14.4 Å². The molecule has 5 nitrogen and oxygen atoms in total. The van der Waals surface area contributed by atoms with Crippen LogP contribution >= 0.6 is 0 Å². The summed E-state index contributed by atoms with van der Waals surface area (Å²) in [6.07, 6.45) is 3.35. The number of carbonyl (C=O) groups excluding carboxylic acids is 1. The number of pyridine rings is 1. The fourth-order valence-corrected chi connectivity index (χ4v) is 3.63. The molecule has 0 N–H and O–H groups in total. The van der Waals surface area contributed by atoms with Crippen LogP contribution in [0.3, 0.4) is 0 Å². The Hall–Kier alpha value is -2.47. The van der Waals surface area contributed by atoms with Gasteiger partial charge in [-0.05, 0) is 17.7 Å². The van der Waals surface area contributed by atoms with Crippen molar-refractivity contribution in [2.24, 2.45) is 0 Å². The molecule has 1 aromatic heterocycles. The largest absolute Gasteiger partial charge is 0.474 e. The van der Waals surface area contributed by atoms with Gasteiger partial charge in [-0.15, -0.1) is 0 Å². The van der Waals surface area contributed by atoms with E-state index in [1.807, 2.05) is 18.2 Å².